The molecule has 1 fully saturated rings. The van der Waals surface area contributed by atoms with Crippen molar-refractivity contribution in [3.8, 4) is 0 Å². The normalized spacial score (nSPS) is 30.4. The van der Waals surface area contributed by atoms with Crippen LogP contribution in [0.4, 0.5) is 0 Å². The van der Waals surface area contributed by atoms with Crippen molar-refractivity contribution in [2.24, 2.45) is 0 Å². The van der Waals surface area contributed by atoms with Crippen LogP contribution >= 0.6 is 0 Å². The molecule has 0 saturated heterocycles. The van der Waals surface area contributed by atoms with Gasteiger partial charge in [-0.25, -0.2) is 0 Å². The highest BCUT2D eigenvalue weighted by molar-refractivity contribution is 5.10. The summed E-state index contributed by atoms with van der Waals surface area (Å²) in [6, 6.07) is 4.18. The maximum absolute atomic E-state index is 9.31. The van der Waals surface area contributed by atoms with Gasteiger partial charge in [0.25, 0.3) is 0 Å². The molecule has 66 valence electrons. The summed E-state index contributed by atoms with van der Waals surface area (Å²) in [5.41, 5.74) is 1.34. The van der Waals surface area contributed by atoms with Crippen LogP contribution in [0.2, 0.25) is 0 Å². The second-order valence-corrected chi connectivity index (χ2v) is 3.63. The molecule has 1 saturated carbocycles. The van der Waals surface area contributed by atoms with Crippen LogP contribution in [0.25, 0.3) is 0 Å². The lowest BCUT2D eigenvalue weighted by atomic mass is 9.85. The lowest BCUT2D eigenvalue weighted by Crippen LogP contribution is -2.16. The fourth-order valence-electron chi connectivity index (χ4n) is 1.98. The zero-order chi connectivity index (χ0) is 8.39. The Kier molecular flexibility index (Phi) is 2.17. The van der Waals surface area contributed by atoms with Gasteiger partial charge in [-0.3, -0.25) is 0 Å². The topological polar surface area (TPSA) is 36.0 Å². The van der Waals surface area contributed by atoms with Gasteiger partial charge in [-0.1, -0.05) is 0 Å². The van der Waals surface area contributed by atoms with E-state index in [0.717, 1.165) is 25.7 Å². The summed E-state index contributed by atoms with van der Waals surface area (Å²) < 4.78 is 0. The minimum absolute atomic E-state index is 0.0452. The summed E-state index contributed by atoms with van der Waals surface area (Å²) in [6.45, 7) is 0. The van der Waals surface area contributed by atoms with E-state index in [9.17, 15) is 5.11 Å². The van der Waals surface area contributed by atoms with Crippen molar-refractivity contribution in [2.75, 3.05) is 0 Å². The highest BCUT2D eigenvalue weighted by Gasteiger charge is 2.20. The van der Waals surface area contributed by atoms with Crippen LogP contribution in [0.5, 0.6) is 0 Å². The van der Waals surface area contributed by atoms with Gasteiger partial charge in [-0.2, -0.15) is 0 Å². The van der Waals surface area contributed by atoms with Crippen molar-refractivity contribution < 1.29 is 5.11 Å². The predicted molar refractivity (Wildman–Crippen MR) is 48.0 cm³/mol. The van der Waals surface area contributed by atoms with Crippen molar-refractivity contribution in [3.63, 3.8) is 0 Å². The molecule has 2 rings (SSSR count). The quantitative estimate of drug-likeness (QED) is 0.656. The Morgan fingerprint density at radius 2 is 2.00 bits per heavy atom. The van der Waals surface area contributed by atoms with E-state index in [1.54, 1.807) is 0 Å². The lowest BCUT2D eigenvalue weighted by Gasteiger charge is -2.24. The first-order valence-corrected chi connectivity index (χ1v) is 4.67. The summed E-state index contributed by atoms with van der Waals surface area (Å²) in [5.74, 6) is 0.656. The maximum Gasteiger partial charge on any atom is 0.0540 e. The molecular formula is C10H15NO. The van der Waals surface area contributed by atoms with Gasteiger partial charge in [0.05, 0.1) is 6.10 Å². The average Bonchev–Trinajstić information content (AvgIpc) is 2.58. The van der Waals surface area contributed by atoms with Crippen LogP contribution in [0.3, 0.4) is 0 Å². The van der Waals surface area contributed by atoms with Crippen LogP contribution in [-0.4, -0.2) is 16.2 Å². The third-order valence-corrected chi connectivity index (χ3v) is 2.76. The number of rotatable bonds is 1. The summed E-state index contributed by atoms with van der Waals surface area (Å²) >= 11 is 0. The molecule has 0 atom stereocenters. The lowest BCUT2D eigenvalue weighted by molar-refractivity contribution is 0.122. The van der Waals surface area contributed by atoms with Crippen LogP contribution in [0.15, 0.2) is 18.3 Å². The molecule has 2 nitrogen and oxygen atoms in total. The minimum Gasteiger partial charge on any atom is -0.393 e. The molecule has 0 aromatic carbocycles. The smallest absolute Gasteiger partial charge is 0.0540 e. The number of hydrogen-bond donors (Lipinski definition) is 2. The van der Waals surface area contributed by atoms with Gasteiger partial charge in [0.2, 0.25) is 0 Å². The Hall–Kier alpha value is -0.760. The average molecular weight is 165 g/mol. The fraction of sp³-hybridized carbons (Fsp3) is 0.600. The second kappa shape index (κ2) is 3.31. The molecule has 2 N–H and O–H groups in total. The van der Waals surface area contributed by atoms with Crippen molar-refractivity contribution in [1.29, 1.82) is 0 Å². The molecule has 0 amide bonds. The maximum atomic E-state index is 9.31. The Morgan fingerprint density at radius 1 is 1.25 bits per heavy atom. The number of aromatic nitrogens is 1. The van der Waals surface area contributed by atoms with Crippen LogP contribution < -0.4 is 0 Å². The molecule has 2 heteroatoms. The molecule has 1 aromatic rings. The van der Waals surface area contributed by atoms with Gasteiger partial charge in [-0.15, -0.1) is 0 Å². The number of aliphatic hydroxyl groups excluding tert-OH is 1. The van der Waals surface area contributed by atoms with Crippen molar-refractivity contribution >= 4 is 0 Å². The number of aromatic amines is 1. The third kappa shape index (κ3) is 1.53. The molecule has 0 unspecified atom stereocenters. The zero-order valence-corrected chi connectivity index (χ0v) is 7.16. The Labute approximate surface area is 72.6 Å². The molecule has 1 aromatic heterocycles. The number of aliphatic hydroxyl groups is 1. The largest absolute Gasteiger partial charge is 0.393 e. The van der Waals surface area contributed by atoms with Gasteiger partial charge in [0.15, 0.2) is 0 Å². The van der Waals surface area contributed by atoms with E-state index in [2.05, 4.69) is 11.1 Å². The Bertz CT molecular complexity index is 222. The van der Waals surface area contributed by atoms with Gasteiger partial charge >= 0.3 is 0 Å². The van der Waals surface area contributed by atoms with Crippen LogP contribution in [-0.2, 0) is 0 Å². The van der Waals surface area contributed by atoms with Crippen LogP contribution in [0, 0.1) is 0 Å². The van der Waals surface area contributed by atoms with Crippen LogP contribution in [0.1, 0.15) is 37.3 Å². The SMILES string of the molecule is OC1CCC(c2ccc[nH]2)CC1. The van der Waals surface area contributed by atoms with Gasteiger partial charge in [-0.05, 0) is 43.7 Å². The molecule has 1 aliphatic rings. The summed E-state index contributed by atoms with van der Waals surface area (Å²) in [4.78, 5) is 3.24. The van der Waals surface area contributed by atoms with Crippen molar-refractivity contribution in [3.05, 3.63) is 24.0 Å². The Morgan fingerprint density at radius 3 is 2.58 bits per heavy atom. The first-order valence-electron chi connectivity index (χ1n) is 4.67. The molecule has 0 spiro atoms. The van der Waals surface area contributed by atoms with E-state index in [1.165, 1.54) is 5.69 Å². The first kappa shape index (κ1) is 7.87. The molecule has 1 heterocycles. The zero-order valence-electron chi connectivity index (χ0n) is 7.16. The van der Waals surface area contributed by atoms with E-state index in [0.29, 0.717) is 5.92 Å². The first-order chi connectivity index (χ1) is 5.86. The van der Waals surface area contributed by atoms with Gasteiger partial charge in [0, 0.05) is 11.9 Å². The summed E-state index contributed by atoms with van der Waals surface area (Å²) in [6.07, 6.45) is 6.10. The summed E-state index contributed by atoms with van der Waals surface area (Å²) in [5, 5.41) is 9.31. The third-order valence-electron chi connectivity index (χ3n) is 2.76. The van der Waals surface area contributed by atoms with Gasteiger partial charge < -0.3 is 10.1 Å². The predicted octanol–water partition coefficient (Wildman–Crippen LogP) is 2.03. The summed E-state index contributed by atoms with van der Waals surface area (Å²) in [7, 11) is 0. The molecule has 12 heavy (non-hydrogen) atoms. The van der Waals surface area contributed by atoms with E-state index in [4.69, 9.17) is 0 Å². The molecule has 0 radical (unpaired) electrons. The number of nitrogens with one attached hydrogen (secondary N) is 1. The van der Waals surface area contributed by atoms with E-state index >= 15 is 0 Å². The number of hydrogen-bond acceptors (Lipinski definition) is 1. The molecular weight excluding hydrogens is 150 g/mol. The van der Waals surface area contributed by atoms with E-state index < -0.39 is 0 Å². The second-order valence-electron chi connectivity index (χ2n) is 3.63. The van der Waals surface area contributed by atoms with E-state index in [-0.39, 0.29) is 6.10 Å². The number of H-pyrrole nitrogens is 1. The molecule has 0 aliphatic heterocycles. The standard InChI is InChI=1S/C10H15NO/c12-9-5-3-8(4-6-9)10-2-1-7-11-10/h1-2,7-9,11-12H,3-6H2. The molecule has 0 bridgehead atoms. The minimum atomic E-state index is -0.0452. The monoisotopic (exact) mass is 165 g/mol. The van der Waals surface area contributed by atoms with Crippen molar-refractivity contribution in [2.45, 2.75) is 37.7 Å². The molecule has 1 aliphatic carbocycles. The Balaban J connectivity index is 1.99. The van der Waals surface area contributed by atoms with Crippen molar-refractivity contribution in [1.82, 2.24) is 4.98 Å². The fourth-order valence-corrected chi connectivity index (χ4v) is 1.98. The van der Waals surface area contributed by atoms with E-state index in [1.807, 2.05) is 12.3 Å². The highest BCUT2D eigenvalue weighted by Crippen LogP contribution is 2.31. The van der Waals surface area contributed by atoms with Gasteiger partial charge in [0.1, 0.15) is 0 Å². The highest BCUT2D eigenvalue weighted by atomic mass is 16.3.